The largest absolute Gasteiger partial charge is 0.345 e. The van der Waals surface area contributed by atoms with E-state index >= 15 is 0 Å². The molecule has 0 spiro atoms. The first-order valence-corrected chi connectivity index (χ1v) is 7.79. The van der Waals surface area contributed by atoms with Gasteiger partial charge in [0.25, 0.3) is 5.91 Å². The summed E-state index contributed by atoms with van der Waals surface area (Å²) in [5, 5.41) is 2.96. The van der Waals surface area contributed by atoms with Gasteiger partial charge in [0.05, 0.1) is 16.1 Å². The monoisotopic (exact) mass is 347 g/mol. The van der Waals surface area contributed by atoms with Crippen LogP contribution in [0, 0.1) is 5.82 Å². The molecule has 3 rings (SSSR count). The molecular weight excluding hydrogens is 333 g/mol. The Kier molecular flexibility index (Phi) is 4.06. The lowest BCUT2D eigenvalue weighted by Crippen LogP contribution is -2.31. The third kappa shape index (κ3) is 2.86. The highest BCUT2D eigenvalue weighted by Crippen LogP contribution is 2.30. The first-order valence-electron chi connectivity index (χ1n) is 6.99. The molecule has 0 radical (unpaired) electrons. The fourth-order valence-electron chi connectivity index (χ4n) is 2.82. The average Bonchev–Trinajstić information content (AvgIpc) is 2.50. The van der Waals surface area contributed by atoms with Gasteiger partial charge in [-0.25, -0.2) is 4.39 Å². The van der Waals surface area contributed by atoms with Gasteiger partial charge in [0, 0.05) is 0 Å². The van der Waals surface area contributed by atoms with Gasteiger partial charge < -0.3 is 5.32 Å². The Morgan fingerprint density at radius 2 is 2.00 bits per heavy atom. The van der Waals surface area contributed by atoms with Gasteiger partial charge in [-0.1, -0.05) is 30.3 Å². The summed E-state index contributed by atoms with van der Waals surface area (Å²) in [6.07, 6.45) is 2.95. The number of hydrogen-bond acceptors (Lipinski definition) is 1. The molecule has 0 aliphatic heterocycles. The fourth-order valence-corrected chi connectivity index (χ4v) is 3.19. The van der Waals surface area contributed by atoms with Crippen LogP contribution in [0.5, 0.6) is 0 Å². The summed E-state index contributed by atoms with van der Waals surface area (Å²) in [6, 6.07) is 12.8. The number of halogens is 2. The summed E-state index contributed by atoms with van der Waals surface area (Å²) in [5.74, 6) is -0.880. The van der Waals surface area contributed by atoms with E-state index in [-0.39, 0.29) is 17.5 Å². The highest BCUT2D eigenvalue weighted by atomic mass is 79.9. The van der Waals surface area contributed by atoms with Crippen LogP contribution in [-0.2, 0) is 6.42 Å². The van der Waals surface area contributed by atoms with Crippen LogP contribution >= 0.6 is 15.9 Å². The minimum absolute atomic E-state index is 0.0409. The van der Waals surface area contributed by atoms with Crippen LogP contribution in [0.25, 0.3) is 0 Å². The van der Waals surface area contributed by atoms with Gasteiger partial charge in [0.2, 0.25) is 0 Å². The number of amides is 1. The van der Waals surface area contributed by atoms with E-state index in [9.17, 15) is 9.18 Å². The summed E-state index contributed by atoms with van der Waals surface area (Å²) in [7, 11) is 0. The van der Waals surface area contributed by atoms with Crippen molar-refractivity contribution in [2.24, 2.45) is 0 Å². The van der Waals surface area contributed by atoms with Crippen LogP contribution < -0.4 is 5.32 Å². The number of nitrogens with one attached hydrogen (secondary N) is 1. The maximum absolute atomic E-state index is 14.0. The maximum atomic E-state index is 14.0. The normalized spacial score (nSPS) is 17.1. The van der Waals surface area contributed by atoms with E-state index in [0.29, 0.717) is 4.47 Å². The van der Waals surface area contributed by atoms with E-state index in [1.165, 1.54) is 11.6 Å². The molecule has 1 unspecified atom stereocenters. The first kappa shape index (κ1) is 14.3. The summed E-state index contributed by atoms with van der Waals surface area (Å²) in [6.45, 7) is 0. The lowest BCUT2D eigenvalue weighted by molar-refractivity contribution is 0.0928. The zero-order valence-electron chi connectivity index (χ0n) is 11.4. The van der Waals surface area contributed by atoms with Crippen molar-refractivity contribution in [2.75, 3.05) is 0 Å². The zero-order chi connectivity index (χ0) is 14.8. The van der Waals surface area contributed by atoms with Crippen molar-refractivity contribution >= 4 is 21.8 Å². The molecule has 1 atom stereocenters. The SMILES string of the molecule is O=C(NC1CCCc2ccccc21)c1cccc(Br)c1F. The Hall–Kier alpha value is -1.68. The van der Waals surface area contributed by atoms with Crippen molar-refractivity contribution in [1.82, 2.24) is 5.32 Å². The van der Waals surface area contributed by atoms with Gasteiger partial charge >= 0.3 is 0 Å². The van der Waals surface area contributed by atoms with Crippen LogP contribution in [0.2, 0.25) is 0 Å². The Balaban J connectivity index is 1.85. The number of carbonyl (C=O) groups excluding carboxylic acids is 1. The van der Waals surface area contributed by atoms with Crippen molar-refractivity contribution in [3.63, 3.8) is 0 Å². The molecule has 2 aromatic rings. The van der Waals surface area contributed by atoms with E-state index in [4.69, 9.17) is 0 Å². The van der Waals surface area contributed by atoms with Gasteiger partial charge in [-0.15, -0.1) is 0 Å². The molecule has 108 valence electrons. The highest BCUT2D eigenvalue weighted by Gasteiger charge is 2.23. The number of carbonyl (C=O) groups is 1. The van der Waals surface area contributed by atoms with Crippen molar-refractivity contribution in [3.05, 3.63) is 69.4 Å². The Labute approximate surface area is 131 Å². The number of rotatable bonds is 2. The molecule has 0 bridgehead atoms. The Morgan fingerprint density at radius 1 is 1.19 bits per heavy atom. The quantitative estimate of drug-likeness (QED) is 0.857. The molecule has 1 N–H and O–H groups in total. The summed E-state index contributed by atoms with van der Waals surface area (Å²) >= 11 is 3.11. The van der Waals surface area contributed by atoms with Crippen molar-refractivity contribution in [1.29, 1.82) is 0 Å². The van der Waals surface area contributed by atoms with Gasteiger partial charge in [0.15, 0.2) is 0 Å². The molecule has 0 saturated heterocycles. The molecule has 1 amide bonds. The van der Waals surface area contributed by atoms with Crippen LogP contribution in [-0.4, -0.2) is 5.91 Å². The van der Waals surface area contributed by atoms with E-state index in [2.05, 4.69) is 27.3 Å². The second kappa shape index (κ2) is 5.98. The van der Waals surface area contributed by atoms with Gasteiger partial charge in [-0.3, -0.25) is 4.79 Å². The third-order valence-electron chi connectivity index (χ3n) is 3.87. The Morgan fingerprint density at radius 3 is 2.86 bits per heavy atom. The van der Waals surface area contributed by atoms with Crippen LogP contribution in [0.15, 0.2) is 46.9 Å². The van der Waals surface area contributed by atoms with Gasteiger partial charge in [-0.05, 0) is 58.5 Å². The first-order chi connectivity index (χ1) is 10.2. The van der Waals surface area contributed by atoms with Gasteiger partial charge in [0.1, 0.15) is 5.82 Å². The van der Waals surface area contributed by atoms with Crippen LogP contribution in [0.4, 0.5) is 4.39 Å². The van der Waals surface area contributed by atoms with E-state index in [1.54, 1.807) is 12.1 Å². The van der Waals surface area contributed by atoms with Crippen molar-refractivity contribution < 1.29 is 9.18 Å². The lowest BCUT2D eigenvalue weighted by Gasteiger charge is -2.26. The third-order valence-corrected chi connectivity index (χ3v) is 4.48. The maximum Gasteiger partial charge on any atom is 0.254 e. The van der Waals surface area contributed by atoms with Gasteiger partial charge in [-0.2, -0.15) is 0 Å². The second-order valence-corrected chi connectivity index (χ2v) is 6.07. The predicted octanol–water partition coefficient (Wildman–Crippen LogP) is 4.40. The molecule has 21 heavy (non-hydrogen) atoms. The molecule has 1 aliphatic carbocycles. The molecule has 0 heterocycles. The van der Waals surface area contributed by atoms with E-state index in [1.807, 2.05) is 18.2 Å². The number of aryl methyl sites for hydroxylation is 1. The summed E-state index contributed by atoms with van der Waals surface area (Å²) in [4.78, 5) is 12.3. The topological polar surface area (TPSA) is 29.1 Å². The minimum Gasteiger partial charge on any atom is -0.345 e. The predicted molar refractivity (Wildman–Crippen MR) is 83.7 cm³/mol. The fraction of sp³-hybridized carbons (Fsp3) is 0.235. The number of hydrogen-bond donors (Lipinski definition) is 1. The number of benzene rings is 2. The molecule has 2 nitrogen and oxygen atoms in total. The lowest BCUT2D eigenvalue weighted by atomic mass is 9.87. The highest BCUT2D eigenvalue weighted by molar-refractivity contribution is 9.10. The minimum atomic E-state index is -0.515. The molecular formula is C17H15BrFNO. The summed E-state index contributed by atoms with van der Waals surface area (Å²) in [5.41, 5.74) is 2.49. The van der Waals surface area contributed by atoms with E-state index < -0.39 is 5.82 Å². The Bertz CT molecular complexity index is 686. The molecule has 0 aromatic heterocycles. The van der Waals surface area contributed by atoms with Crippen LogP contribution in [0.3, 0.4) is 0 Å². The smallest absolute Gasteiger partial charge is 0.254 e. The van der Waals surface area contributed by atoms with Crippen LogP contribution in [0.1, 0.15) is 40.4 Å². The second-order valence-electron chi connectivity index (χ2n) is 5.22. The summed E-state index contributed by atoms with van der Waals surface area (Å²) < 4.78 is 14.3. The molecule has 1 aliphatic rings. The number of fused-ring (bicyclic) bond motifs is 1. The van der Waals surface area contributed by atoms with Crippen molar-refractivity contribution in [2.45, 2.75) is 25.3 Å². The molecule has 0 fully saturated rings. The van der Waals surface area contributed by atoms with E-state index in [0.717, 1.165) is 24.8 Å². The standard InChI is InChI=1S/C17H15BrFNO/c18-14-9-4-8-13(16(14)19)17(21)20-15-10-3-6-11-5-1-2-7-12(11)15/h1-2,4-5,7-9,15H,3,6,10H2,(H,20,21). The zero-order valence-corrected chi connectivity index (χ0v) is 13.0. The average molecular weight is 348 g/mol. The molecule has 4 heteroatoms. The van der Waals surface area contributed by atoms with Crippen molar-refractivity contribution in [3.8, 4) is 0 Å². The molecule has 0 saturated carbocycles. The molecule has 2 aromatic carbocycles.